The van der Waals surface area contributed by atoms with Gasteiger partial charge in [-0.2, -0.15) is 0 Å². The molecular weight excluding hydrogens is 298 g/mol. The molecule has 1 aromatic heterocycles. The van der Waals surface area contributed by atoms with Crippen molar-refractivity contribution in [2.45, 2.75) is 26.4 Å². The number of carbonyl (C=O) groups excluding carboxylic acids is 1. The quantitative estimate of drug-likeness (QED) is 0.597. The third kappa shape index (κ3) is 4.76. The third-order valence-corrected chi connectivity index (χ3v) is 2.35. The zero-order valence-electron chi connectivity index (χ0n) is 11.3. The van der Waals surface area contributed by atoms with E-state index in [0.29, 0.717) is 6.20 Å². The first-order chi connectivity index (χ1) is 9.82. The van der Waals surface area contributed by atoms with E-state index < -0.39 is 31.2 Å². The summed E-state index contributed by atoms with van der Waals surface area (Å²) in [4.78, 5) is 15.0. The molecular formula is C12H13F4NO4. The molecule has 0 aromatic carbocycles. The maximum atomic E-state index is 12.8. The molecule has 0 atom stereocenters. The van der Waals surface area contributed by atoms with Gasteiger partial charge >= 0.3 is 12.3 Å². The van der Waals surface area contributed by atoms with Crippen molar-refractivity contribution in [2.24, 2.45) is 0 Å². The minimum Gasteiger partial charge on any atom is -0.494 e. The maximum absolute atomic E-state index is 12.8. The second kappa shape index (κ2) is 7.09. The van der Waals surface area contributed by atoms with Crippen LogP contribution in [0.2, 0.25) is 0 Å². The Hall–Kier alpha value is -2.06. The summed E-state index contributed by atoms with van der Waals surface area (Å²) in [5, 5.41) is 0. The van der Waals surface area contributed by atoms with Gasteiger partial charge < -0.3 is 14.2 Å². The highest BCUT2D eigenvalue weighted by Gasteiger charge is 2.34. The summed E-state index contributed by atoms with van der Waals surface area (Å²) >= 11 is 0. The number of carbonyl (C=O) groups is 1. The van der Waals surface area contributed by atoms with E-state index in [1.165, 1.54) is 0 Å². The summed E-state index contributed by atoms with van der Waals surface area (Å²) in [6, 6.07) is 0. The summed E-state index contributed by atoms with van der Waals surface area (Å²) in [7, 11) is 1.13. The molecule has 1 rings (SSSR count). The van der Waals surface area contributed by atoms with Crippen LogP contribution in [0.5, 0.6) is 11.5 Å². The highest BCUT2D eigenvalue weighted by Crippen LogP contribution is 2.34. The molecule has 0 spiro atoms. The minimum absolute atomic E-state index is 0.0532. The Kier molecular flexibility index (Phi) is 5.74. The molecule has 0 saturated heterocycles. The van der Waals surface area contributed by atoms with Crippen molar-refractivity contribution >= 4 is 5.97 Å². The largest absolute Gasteiger partial charge is 0.573 e. The van der Waals surface area contributed by atoms with Gasteiger partial charge in [0.25, 0.3) is 0 Å². The first-order valence-electron chi connectivity index (χ1n) is 5.84. The molecule has 1 aromatic rings. The summed E-state index contributed by atoms with van der Waals surface area (Å²) in [6.45, 7) is 0.532. The van der Waals surface area contributed by atoms with E-state index in [0.717, 1.165) is 7.11 Å². The van der Waals surface area contributed by atoms with Gasteiger partial charge in [0.1, 0.15) is 12.4 Å². The van der Waals surface area contributed by atoms with Gasteiger partial charge in [-0.15, -0.1) is 13.2 Å². The molecule has 0 bridgehead atoms. The molecule has 0 saturated carbocycles. The van der Waals surface area contributed by atoms with E-state index in [2.05, 4.69) is 14.5 Å². The molecule has 0 radical (unpaired) electrons. The number of hydrogen-bond acceptors (Lipinski definition) is 5. The monoisotopic (exact) mass is 311 g/mol. The number of halogens is 4. The van der Waals surface area contributed by atoms with Gasteiger partial charge in [-0.05, 0) is 6.92 Å². The summed E-state index contributed by atoms with van der Waals surface area (Å²) < 4.78 is 63.1. The number of rotatable bonds is 6. The predicted octanol–water partition coefficient (Wildman–Crippen LogP) is 2.56. The molecule has 118 valence electrons. The molecule has 0 aliphatic rings. The maximum Gasteiger partial charge on any atom is 0.573 e. The van der Waals surface area contributed by atoms with Gasteiger partial charge in [0.05, 0.1) is 31.9 Å². The fraction of sp³-hybridized carbons (Fsp3) is 0.500. The Morgan fingerprint density at radius 2 is 2.05 bits per heavy atom. The summed E-state index contributed by atoms with van der Waals surface area (Å²) in [5.41, 5.74) is -0.498. The number of nitrogens with zero attached hydrogens (tertiary/aromatic N) is 1. The van der Waals surface area contributed by atoms with Crippen molar-refractivity contribution in [3.05, 3.63) is 17.5 Å². The number of alkyl halides is 4. The van der Waals surface area contributed by atoms with Gasteiger partial charge in [0.2, 0.25) is 0 Å². The normalized spacial score (nSPS) is 11.1. The average molecular weight is 311 g/mol. The Balaban J connectivity index is 3.26. The lowest BCUT2D eigenvalue weighted by Gasteiger charge is -2.16. The van der Waals surface area contributed by atoms with Crippen molar-refractivity contribution < 1.29 is 36.6 Å². The zero-order valence-corrected chi connectivity index (χ0v) is 11.3. The molecule has 0 aliphatic heterocycles. The number of esters is 1. The van der Waals surface area contributed by atoms with Gasteiger partial charge in [0, 0.05) is 0 Å². The SMILES string of the molecule is CCOC(=O)Cc1c(OC(F)(F)F)cnc(CF)c1OC. The van der Waals surface area contributed by atoms with Crippen LogP contribution in [0.3, 0.4) is 0 Å². The first kappa shape index (κ1) is 17.0. The highest BCUT2D eigenvalue weighted by molar-refractivity contribution is 5.75. The first-order valence-corrected chi connectivity index (χ1v) is 5.84. The molecule has 5 nitrogen and oxygen atoms in total. The highest BCUT2D eigenvalue weighted by atomic mass is 19.4. The Labute approximate surface area is 117 Å². The van der Waals surface area contributed by atoms with Crippen molar-refractivity contribution in [3.8, 4) is 11.5 Å². The number of pyridine rings is 1. The van der Waals surface area contributed by atoms with Gasteiger partial charge in [0.15, 0.2) is 11.5 Å². The molecule has 21 heavy (non-hydrogen) atoms. The molecule has 0 fully saturated rings. The van der Waals surface area contributed by atoms with Crippen LogP contribution in [-0.2, 0) is 22.6 Å². The standard InChI is InChI=1S/C12H13F4NO4/c1-3-20-10(18)4-7-9(21-12(14,15)16)6-17-8(5-13)11(7)19-2/h6H,3-5H2,1-2H3. The Bertz CT molecular complexity index is 505. The van der Waals surface area contributed by atoms with Crippen LogP contribution in [0.1, 0.15) is 18.2 Å². The van der Waals surface area contributed by atoms with E-state index in [1.54, 1.807) is 6.92 Å². The fourth-order valence-corrected chi connectivity index (χ4v) is 1.63. The number of aromatic nitrogens is 1. The number of ether oxygens (including phenoxy) is 3. The van der Waals surface area contributed by atoms with E-state index in [1.807, 2.05) is 0 Å². The predicted molar refractivity (Wildman–Crippen MR) is 62.6 cm³/mol. The number of hydrogen-bond donors (Lipinski definition) is 0. The summed E-state index contributed by atoms with van der Waals surface area (Å²) in [5.74, 6) is -1.80. The van der Waals surface area contributed by atoms with Crippen LogP contribution in [0.25, 0.3) is 0 Å². The lowest BCUT2D eigenvalue weighted by Crippen LogP contribution is -2.20. The summed E-state index contributed by atoms with van der Waals surface area (Å²) in [6.07, 6.45) is -4.84. The minimum atomic E-state index is -4.98. The fourth-order valence-electron chi connectivity index (χ4n) is 1.63. The van der Waals surface area contributed by atoms with Crippen molar-refractivity contribution in [2.75, 3.05) is 13.7 Å². The second-order valence-corrected chi connectivity index (χ2v) is 3.74. The number of methoxy groups -OCH3 is 1. The smallest absolute Gasteiger partial charge is 0.494 e. The van der Waals surface area contributed by atoms with Gasteiger partial charge in [-0.1, -0.05) is 0 Å². The molecule has 0 unspecified atom stereocenters. The van der Waals surface area contributed by atoms with Crippen LogP contribution < -0.4 is 9.47 Å². The molecule has 0 amide bonds. The van der Waals surface area contributed by atoms with E-state index in [4.69, 9.17) is 4.74 Å². The van der Waals surface area contributed by atoms with E-state index >= 15 is 0 Å². The van der Waals surface area contributed by atoms with Crippen molar-refractivity contribution in [1.82, 2.24) is 4.98 Å². The second-order valence-electron chi connectivity index (χ2n) is 3.74. The van der Waals surface area contributed by atoms with Crippen LogP contribution in [-0.4, -0.2) is 31.0 Å². The third-order valence-electron chi connectivity index (χ3n) is 2.35. The van der Waals surface area contributed by atoms with Crippen molar-refractivity contribution in [1.29, 1.82) is 0 Å². The average Bonchev–Trinajstić information content (AvgIpc) is 2.39. The van der Waals surface area contributed by atoms with E-state index in [-0.39, 0.29) is 23.6 Å². The molecule has 0 N–H and O–H groups in total. The lowest BCUT2D eigenvalue weighted by atomic mass is 10.1. The van der Waals surface area contributed by atoms with E-state index in [9.17, 15) is 22.4 Å². The Morgan fingerprint density at radius 3 is 2.52 bits per heavy atom. The van der Waals surface area contributed by atoms with Crippen LogP contribution in [0, 0.1) is 0 Å². The Morgan fingerprint density at radius 1 is 1.38 bits per heavy atom. The lowest BCUT2D eigenvalue weighted by molar-refractivity contribution is -0.275. The molecule has 9 heteroatoms. The molecule has 0 aliphatic carbocycles. The topological polar surface area (TPSA) is 57.7 Å². The van der Waals surface area contributed by atoms with Gasteiger partial charge in [-0.3, -0.25) is 9.78 Å². The van der Waals surface area contributed by atoms with Crippen LogP contribution in [0.4, 0.5) is 17.6 Å². The molecule has 1 heterocycles. The van der Waals surface area contributed by atoms with Crippen LogP contribution >= 0.6 is 0 Å². The van der Waals surface area contributed by atoms with Crippen LogP contribution in [0.15, 0.2) is 6.20 Å². The van der Waals surface area contributed by atoms with Gasteiger partial charge in [-0.25, -0.2) is 4.39 Å². The van der Waals surface area contributed by atoms with Crippen molar-refractivity contribution in [3.63, 3.8) is 0 Å². The zero-order chi connectivity index (χ0) is 16.0.